The number of nitrogens with zero attached hydrogens (tertiary/aromatic N) is 1. The number of carbonyl (C=O) groups is 2. The van der Waals surface area contributed by atoms with E-state index >= 15 is 0 Å². The number of pyridine rings is 1. The predicted octanol–water partition coefficient (Wildman–Crippen LogP) is 2.28. The summed E-state index contributed by atoms with van der Waals surface area (Å²) in [7, 11) is 0. The Morgan fingerprint density at radius 1 is 1.30 bits per heavy atom. The molecule has 0 fully saturated rings. The summed E-state index contributed by atoms with van der Waals surface area (Å²) >= 11 is 0. The molecule has 0 spiro atoms. The van der Waals surface area contributed by atoms with Crippen molar-refractivity contribution in [2.24, 2.45) is 0 Å². The monoisotopic (exact) mass is 309 g/mol. The molecule has 2 N–H and O–H groups in total. The molecule has 2 amide bonds. The van der Waals surface area contributed by atoms with Gasteiger partial charge in [-0.15, -0.1) is 0 Å². The minimum Gasteiger partial charge on any atom is -0.352 e. The molecule has 5 heteroatoms. The van der Waals surface area contributed by atoms with Crippen molar-refractivity contribution in [2.75, 3.05) is 11.9 Å². The zero-order valence-corrected chi connectivity index (χ0v) is 13.2. The van der Waals surface area contributed by atoms with E-state index in [-0.39, 0.29) is 11.8 Å². The van der Waals surface area contributed by atoms with Gasteiger partial charge in [0.05, 0.1) is 11.0 Å². The molecule has 0 unspecified atom stereocenters. The molecule has 1 aromatic heterocycles. The van der Waals surface area contributed by atoms with Crippen LogP contribution in [0.2, 0.25) is 0 Å². The van der Waals surface area contributed by atoms with E-state index in [1.54, 1.807) is 24.5 Å². The molecule has 3 rings (SSSR count). The van der Waals surface area contributed by atoms with Crippen LogP contribution in [0.1, 0.15) is 35.3 Å². The molecule has 1 aromatic carbocycles. The highest BCUT2D eigenvalue weighted by atomic mass is 16.2. The second-order valence-electron chi connectivity index (χ2n) is 6.21. The number of benzene rings is 1. The molecule has 118 valence electrons. The van der Waals surface area contributed by atoms with Crippen LogP contribution in [-0.2, 0) is 16.6 Å². The number of hydrogen-bond donors (Lipinski definition) is 2. The Morgan fingerprint density at radius 3 is 2.87 bits per heavy atom. The average molecular weight is 309 g/mol. The second-order valence-corrected chi connectivity index (χ2v) is 6.21. The second kappa shape index (κ2) is 5.83. The Kier molecular flexibility index (Phi) is 3.86. The summed E-state index contributed by atoms with van der Waals surface area (Å²) in [6.07, 6.45) is 3.90. The molecule has 0 aliphatic carbocycles. The lowest BCUT2D eigenvalue weighted by Gasteiger charge is -2.16. The Morgan fingerprint density at radius 2 is 2.13 bits per heavy atom. The summed E-state index contributed by atoms with van der Waals surface area (Å²) in [5.41, 5.74) is 3.03. The van der Waals surface area contributed by atoms with Crippen LogP contribution in [0.3, 0.4) is 0 Å². The van der Waals surface area contributed by atoms with Gasteiger partial charge in [0.2, 0.25) is 5.91 Å². The minimum atomic E-state index is -0.510. The molecule has 0 saturated carbocycles. The third-order valence-corrected chi connectivity index (χ3v) is 4.20. The summed E-state index contributed by atoms with van der Waals surface area (Å²) in [6, 6.07) is 9.43. The highest BCUT2D eigenvalue weighted by Gasteiger charge is 2.38. The van der Waals surface area contributed by atoms with Crippen LogP contribution in [0.5, 0.6) is 0 Å². The molecule has 23 heavy (non-hydrogen) atoms. The van der Waals surface area contributed by atoms with Crippen LogP contribution in [0, 0.1) is 0 Å². The van der Waals surface area contributed by atoms with Crippen LogP contribution < -0.4 is 10.6 Å². The fourth-order valence-corrected chi connectivity index (χ4v) is 2.69. The normalized spacial score (nSPS) is 15.0. The number of amides is 2. The molecule has 0 bridgehead atoms. The van der Waals surface area contributed by atoms with Gasteiger partial charge in [-0.05, 0) is 49.6 Å². The summed E-state index contributed by atoms with van der Waals surface area (Å²) in [4.78, 5) is 27.8. The van der Waals surface area contributed by atoms with E-state index in [2.05, 4.69) is 15.6 Å². The van der Waals surface area contributed by atoms with Gasteiger partial charge in [-0.2, -0.15) is 0 Å². The molecule has 0 radical (unpaired) electrons. The maximum absolute atomic E-state index is 12.0. The molecule has 2 heterocycles. The zero-order valence-electron chi connectivity index (χ0n) is 13.2. The number of carbonyl (C=O) groups excluding carboxylic acids is 2. The van der Waals surface area contributed by atoms with Gasteiger partial charge in [-0.3, -0.25) is 14.6 Å². The summed E-state index contributed by atoms with van der Waals surface area (Å²) in [5, 5.41) is 5.78. The Labute approximate surface area is 135 Å². The first-order valence-electron chi connectivity index (χ1n) is 7.61. The summed E-state index contributed by atoms with van der Waals surface area (Å²) < 4.78 is 0. The molecular formula is C18H19N3O2. The van der Waals surface area contributed by atoms with E-state index in [1.165, 1.54) is 0 Å². The quantitative estimate of drug-likeness (QED) is 0.910. The van der Waals surface area contributed by atoms with E-state index in [1.807, 2.05) is 32.0 Å². The van der Waals surface area contributed by atoms with Crippen molar-refractivity contribution in [2.45, 2.75) is 25.7 Å². The van der Waals surface area contributed by atoms with Crippen molar-refractivity contribution in [1.82, 2.24) is 10.3 Å². The van der Waals surface area contributed by atoms with Gasteiger partial charge in [0, 0.05) is 24.6 Å². The van der Waals surface area contributed by atoms with E-state index < -0.39 is 5.41 Å². The van der Waals surface area contributed by atoms with Crippen LogP contribution in [0.15, 0.2) is 42.7 Å². The number of hydrogen-bond acceptors (Lipinski definition) is 3. The Balaban J connectivity index is 1.63. The van der Waals surface area contributed by atoms with Crippen LogP contribution in [0.25, 0.3) is 0 Å². The van der Waals surface area contributed by atoms with Crippen LogP contribution in [-0.4, -0.2) is 23.3 Å². The third kappa shape index (κ3) is 2.95. The lowest BCUT2D eigenvalue weighted by atomic mass is 9.85. The van der Waals surface area contributed by atoms with Crippen molar-refractivity contribution in [3.8, 4) is 0 Å². The number of fused-ring (bicyclic) bond motifs is 1. The van der Waals surface area contributed by atoms with Gasteiger partial charge in [-0.25, -0.2) is 0 Å². The molecular weight excluding hydrogens is 290 g/mol. The smallest absolute Gasteiger partial charge is 0.252 e. The Bertz CT molecular complexity index is 754. The lowest BCUT2D eigenvalue weighted by Crippen LogP contribution is -2.27. The largest absolute Gasteiger partial charge is 0.352 e. The fourth-order valence-electron chi connectivity index (χ4n) is 2.69. The van der Waals surface area contributed by atoms with E-state index in [4.69, 9.17) is 0 Å². The minimum absolute atomic E-state index is 0.0227. The first-order valence-corrected chi connectivity index (χ1v) is 7.61. The van der Waals surface area contributed by atoms with Crippen LogP contribution >= 0.6 is 0 Å². The third-order valence-electron chi connectivity index (χ3n) is 4.20. The topological polar surface area (TPSA) is 71.1 Å². The molecule has 1 aliphatic heterocycles. The van der Waals surface area contributed by atoms with E-state index in [0.29, 0.717) is 18.5 Å². The summed E-state index contributed by atoms with van der Waals surface area (Å²) in [6.45, 7) is 4.37. The average Bonchev–Trinajstić information content (AvgIpc) is 2.78. The molecule has 0 atom stereocenters. The molecule has 0 saturated heterocycles. The first-order chi connectivity index (χ1) is 11.0. The van der Waals surface area contributed by atoms with Crippen molar-refractivity contribution < 1.29 is 9.59 Å². The fraction of sp³-hybridized carbons (Fsp3) is 0.278. The highest BCUT2D eigenvalue weighted by Crippen LogP contribution is 2.37. The number of anilines is 1. The predicted molar refractivity (Wildman–Crippen MR) is 88.4 cm³/mol. The lowest BCUT2D eigenvalue weighted by molar-refractivity contribution is -0.119. The van der Waals surface area contributed by atoms with Gasteiger partial charge in [-0.1, -0.05) is 12.1 Å². The van der Waals surface area contributed by atoms with Gasteiger partial charge in [0.1, 0.15) is 0 Å². The van der Waals surface area contributed by atoms with Crippen molar-refractivity contribution in [3.05, 3.63) is 59.4 Å². The first kappa shape index (κ1) is 15.2. The van der Waals surface area contributed by atoms with Crippen molar-refractivity contribution >= 4 is 17.5 Å². The van der Waals surface area contributed by atoms with Crippen LogP contribution in [0.4, 0.5) is 5.69 Å². The maximum atomic E-state index is 12.0. The van der Waals surface area contributed by atoms with Crippen molar-refractivity contribution in [3.63, 3.8) is 0 Å². The molecule has 2 aromatic rings. The van der Waals surface area contributed by atoms with Crippen molar-refractivity contribution in [1.29, 1.82) is 0 Å². The Hall–Kier alpha value is -2.69. The SMILES string of the molecule is CC1(C)C(=O)Nc2ccc(CCNC(=O)c3cccnc3)cc21. The van der Waals surface area contributed by atoms with Gasteiger partial charge < -0.3 is 10.6 Å². The number of rotatable bonds is 4. The van der Waals surface area contributed by atoms with Gasteiger partial charge in [0.25, 0.3) is 5.91 Å². The number of aromatic nitrogens is 1. The summed E-state index contributed by atoms with van der Waals surface area (Å²) in [5.74, 6) is -0.106. The van der Waals surface area contributed by atoms with E-state index in [0.717, 1.165) is 16.8 Å². The van der Waals surface area contributed by atoms with Gasteiger partial charge in [0.15, 0.2) is 0 Å². The molecule has 5 nitrogen and oxygen atoms in total. The van der Waals surface area contributed by atoms with E-state index in [9.17, 15) is 9.59 Å². The zero-order chi connectivity index (χ0) is 16.4. The highest BCUT2D eigenvalue weighted by molar-refractivity contribution is 6.05. The number of nitrogens with one attached hydrogen (secondary N) is 2. The standard InChI is InChI=1S/C18H19N3O2/c1-18(2)14-10-12(5-6-15(14)21-17(18)23)7-9-20-16(22)13-4-3-8-19-11-13/h3-6,8,10-11H,7,9H2,1-2H3,(H,20,22)(H,21,23). The maximum Gasteiger partial charge on any atom is 0.252 e. The van der Waals surface area contributed by atoms with Gasteiger partial charge >= 0.3 is 0 Å². The molecule has 1 aliphatic rings.